The molecule has 3 nitrogen and oxygen atoms in total. The van der Waals surface area contributed by atoms with Crippen molar-refractivity contribution >= 4 is 21.6 Å². The van der Waals surface area contributed by atoms with Crippen molar-refractivity contribution in [1.82, 2.24) is 0 Å². The van der Waals surface area contributed by atoms with Crippen LogP contribution in [0.5, 0.6) is 0 Å². The normalized spacial score (nSPS) is 23.4. The average Bonchev–Trinajstić information content (AvgIpc) is 2.45. The van der Waals surface area contributed by atoms with Crippen LogP contribution < -0.4 is 10.6 Å². The average molecular weight is 367 g/mol. The standard InChI is InChI=1S/C14H18BrF3N2O/c1-21-11-4-5-20(10(7-11)8-19)13-3-2-9(6-12(13)15)14(16,17)18/h2-3,6,10-11H,4-5,7-8,19H2,1H3. The van der Waals surface area contributed by atoms with Crippen LogP contribution in [0.1, 0.15) is 18.4 Å². The molecular formula is C14H18BrF3N2O. The minimum absolute atomic E-state index is 0.0664. The van der Waals surface area contributed by atoms with Crippen LogP contribution in [0, 0.1) is 0 Å². The molecule has 7 heteroatoms. The second-order valence-electron chi connectivity index (χ2n) is 5.13. The van der Waals surface area contributed by atoms with E-state index in [9.17, 15) is 13.2 Å². The largest absolute Gasteiger partial charge is 0.416 e. The first-order valence-electron chi connectivity index (χ1n) is 6.73. The minimum atomic E-state index is -4.34. The number of benzene rings is 1. The topological polar surface area (TPSA) is 38.5 Å². The molecule has 1 aromatic carbocycles. The SMILES string of the molecule is COC1CCN(c2ccc(C(F)(F)F)cc2Br)C(CN)C1. The smallest absolute Gasteiger partial charge is 0.381 e. The third kappa shape index (κ3) is 3.70. The van der Waals surface area contributed by atoms with Gasteiger partial charge in [-0.25, -0.2) is 0 Å². The quantitative estimate of drug-likeness (QED) is 0.890. The molecule has 2 rings (SSSR count). The molecule has 0 aromatic heterocycles. The van der Waals surface area contributed by atoms with Gasteiger partial charge in [0.1, 0.15) is 0 Å². The van der Waals surface area contributed by atoms with Crippen LogP contribution in [0.2, 0.25) is 0 Å². The molecule has 1 heterocycles. The molecule has 21 heavy (non-hydrogen) atoms. The van der Waals surface area contributed by atoms with Crippen LogP contribution in [0.15, 0.2) is 22.7 Å². The van der Waals surface area contributed by atoms with Gasteiger partial charge in [0.05, 0.1) is 17.4 Å². The third-order valence-electron chi connectivity index (χ3n) is 3.86. The van der Waals surface area contributed by atoms with Crippen molar-refractivity contribution in [3.63, 3.8) is 0 Å². The summed E-state index contributed by atoms with van der Waals surface area (Å²) in [6.45, 7) is 1.15. The number of nitrogens with two attached hydrogens (primary N) is 1. The second kappa shape index (κ2) is 6.54. The van der Waals surface area contributed by atoms with Crippen LogP contribution in [0.25, 0.3) is 0 Å². The Morgan fingerprint density at radius 2 is 2.14 bits per heavy atom. The number of methoxy groups -OCH3 is 1. The summed E-state index contributed by atoms with van der Waals surface area (Å²) >= 11 is 3.25. The van der Waals surface area contributed by atoms with Crippen LogP contribution in [0.4, 0.5) is 18.9 Å². The molecule has 118 valence electrons. The van der Waals surface area contributed by atoms with Gasteiger partial charge in [0.15, 0.2) is 0 Å². The van der Waals surface area contributed by atoms with Gasteiger partial charge < -0.3 is 15.4 Å². The molecule has 0 radical (unpaired) electrons. The van der Waals surface area contributed by atoms with Crippen molar-refractivity contribution < 1.29 is 17.9 Å². The van der Waals surface area contributed by atoms with Gasteiger partial charge in [-0.3, -0.25) is 0 Å². The van der Waals surface area contributed by atoms with Crippen molar-refractivity contribution in [2.75, 3.05) is 25.1 Å². The van der Waals surface area contributed by atoms with Gasteiger partial charge in [0.25, 0.3) is 0 Å². The Hall–Kier alpha value is -0.790. The van der Waals surface area contributed by atoms with Gasteiger partial charge in [-0.05, 0) is 47.0 Å². The van der Waals surface area contributed by atoms with E-state index in [0.29, 0.717) is 17.6 Å². The zero-order valence-electron chi connectivity index (χ0n) is 11.7. The molecule has 0 aliphatic carbocycles. The Labute approximate surface area is 130 Å². The molecule has 1 aliphatic rings. The molecule has 2 N–H and O–H groups in total. The maximum atomic E-state index is 12.7. The fraction of sp³-hybridized carbons (Fsp3) is 0.571. The highest BCUT2D eigenvalue weighted by Crippen LogP contribution is 2.37. The molecule has 0 amide bonds. The first-order chi connectivity index (χ1) is 9.86. The number of halogens is 4. The Morgan fingerprint density at radius 3 is 2.67 bits per heavy atom. The van der Waals surface area contributed by atoms with Crippen molar-refractivity contribution in [3.05, 3.63) is 28.2 Å². The summed E-state index contributed by atoms with van der Waals surface area (Å²) in [5.74, 6) is 0. The van der Waals surface area contributed by atoms with E-state index in [1.807, 2.05) is 0 Å². The summed E-state index contributed by atoms with van der Waals surface area (Å²) in [6.07, 6.45) is -2.57. The number of ether oxygens (including phenoxy) is 1. The molecule has 1 aliphatic heterocycles. The zero-order valence-corrected chi connectivity index (χ0v) is 13.2. The van der Waals surface area contributed by atoms with Crippen molar-refractivity contribution in [2.24, 2.45) is 5.73 Å². The molecule has 0 saturated carbocycles. The number of nitrogens with zero attached hydrogens (tertiary/aromatic N) is 1. The first kappa shape index (κ1) is 16.6. The Balaban J connectivity index is 2.25. The fourth-order valence-corrected chi connectivity index (χ4v) is 3.29. The van der Waals surface area contributed by atoms with Crippen LogP contribution in [-0.2, 0) is 10.9 Å². The molecule has 0 bridgehead atoms. The zero-order chi connectivity index (χ0) is 15.6. The number of hydrogen-bond acceptors (Lipinski definition) is 3. The minimum Gasteiger partial charge on any atom is -0.381 e. The highest BCUT2D eigenvalue weighted by Gasteiger charge is 2.33. The summed E-state index contributed by atoms with van der Waals surface area (Å²) < 4.78 is 43.9. The summed E-state index contributed by atoms with van der Waals surface area (Å²) in [5.41, 5.74) is 5.89. The van der Waals surface area contributed by atoms with Gasteiger partial charge >= 0.3 is 6.18 Å². The number of alkyl halides is 3. The number of piperidine rings is 1. The molecule has 0 spiro atoms. The van der Waals surface area contributed by atoms with E-state index >= 15 is 0 Å². The van der Waals surface area contributed by atoms with E-state index in [4.69, 9.17) is 10.5 Å². The van der Waals surface area contributed by atoms with E-state index in [1.165, 1.54) is 6.07 Å². The van der Waals surface area contributed by atoms with Gasteiger partial charge in [-0.1, -0.05) is 0 Å². The maximum absolute atomic E-state index is 12.7. The van der Waals surface area contributed by atoms with Crippen molar-refractivity contribution in [3.8, 4) is 0 Å². The number of rotatable bonds is 3. The molecule has 2 atom stereocenters. The van der Waals surface area contributed by atoms with Crippen LogP contribution >= 0.6 is 15.9 Å². The Bertz CT molecular complexity index is 496. The lowest BCUT2D eigenvalue weighted by Crippen LogP contribution is -2.48. The lowest BCUT2D eigenvalue weighted by Gasteiger charge is -2.40. The van der Waals surface area contributed by atoms with Gasteiger partial charge in [-0.2, -0.15) is 13.2 Å². The van der Waals surface area contributed by atoms with E-state index in [-0.39, 0.29) is 12.1 Å². The highest BCUT2D eigenvalue weighted by atomic mass is 79.9. The fourth-order valence-electron chi connectivity index (χ4n) is 2.69. The Morgan fingerprint density at radius 1 is 1.43 bits per heavy atom. The summed E-state index contributed by atoms with van der Waals surface area (Å²) in [5, 5.41) is 0. The Kier molecular flexibility index (Phi) is 5.16. The first-order valence-corrected chi connectivity index (χ1v) is 7.52. The van der Waals surface area contributed by atoms with E-state index in [2.05, 4.69) is 20.8 Å². The van der Waals surface area contributed by atoms with Gasteiger partial charge in [0, 0.05) is 30.7 Å². The lowest BCUT2D eigenvalue weighted by molar-refractivity contribution is -0.137. The van der Waals surface area contributed by atoms with E-state index < -0.39 is 11.7 Å². The summed E-state index contributed by atoms with van der Waals surface area (Å²) in [7, 11) is 1.67. The van der Waals surface area contributed by atoms with Crippen LogP contribution in [-0.4, -0.2) is 32.3 Å². The van der Waals surface area contributed by atoms with E-state index in [0.717, 1.165) is 30.7 Å². The molecule has 1 fully saturated rings. The van der Waals surface area contributed by atoms with Gasteiger partial charge in [0.2, 0.25) is 0 Å². The summed E-state index contributed by atoms with van der Waals surface area (Å²) in [4.78, 5) is 2.06. The predicted octanol–water partition coefficient (Wildman–Crippen LogP) is 3.41. The monoisotopic (exact) mass is 366 g/mol. The van der Waals surface area contributed by atoms with Crippen molar-refractivity contribution in [1.29, 1.82) is 0 Å². The molecular weight excluding hydrogens is 349 g/mol. The second-order valence-corrected chi connectivity index (χ2v) is 5.98. The molecule has 1 aromatic rings. The summed E-state index contributed by atoms with van der Waals surface area (Å²) in [6, 6.07) is 3.79. The van der Waals surface area contributed by atoms with Crippen LogP contribution in [0.3, 0.4) is 0 Å². The molecule has 2 unspecified atom stereocenters. The van der Waals surface area contributed by atoms with Gasteiger partial charge in [-0.15, -0.1) is 0 Å². The maximum Gasteiger partial charge on any atom is 0.416 e. The number of anilines is 1. The third-order valence-corrected chi connectivity index (χ3v) is 4.49. The lowest BCUT2D eigenvalue weighted by atomic mass is 9.98. The van der Waals surface area contributed by atoms with Crippen molar-refractivity contribution in [2.45, 2.75) is 31.2 Å². The predicted molar refractivity (Wildman–Crippen MR) is 79.4 cm³/mol. The number of hydrogen-bond donors (Lipinski definition) is 1. The van der Waals surface area contributed by atoms with E-state index in [1.54, 1.807) is 7.11 Å². The molecule has 1 saturated heterocycles. The highest BCUT2D eigenvalue weighted by molar-refractivity contribution is 9.10.